The Morgan fingerprint density at radius 3 is 2.67 bits per heavy atom. The molecule has 112 valence electrons. The molecule has 1 heterocycles. The second-order valence-electron chi connectivity index (χ2n) is 5.83. The summed E-state index contributed by atoms with van der Waals surface area (Å²) in [4.78, 5) is 14.8. The Morgan fingerprint density at radius 2 is 2.10 bits per heavy atom. The zero-order valence-corrected chi connectivity index (χ0v) is 12.5. The first kappa shape index (κ1) is 15.1. The standard InChI is InChI=1S/C14H18FN5O/c1-14(2,3)13-16-18-20(17-13)9-12(21)19(4)11-7-5-6-10(15)8-11/h5-8H,9H2,1-4H3. The maximum Gasteiger partial charge on any atom is 0.250 e. The molecule has 2 aromatic rings. The Morgan fingerprint density at radius 1 is 1.38 bits per heavy atom. The Bertz CT molecular complexity index is 647. The van der Waals surface area contributed by atoms with Crippen LogP contribution >= 0.6 is 0 Å². The Balaban J connectivity index is 2.09. The van der Waals surface area contributed by atoms with Crippen LogP contribution in [0.25, 0.3) is 0 Å². The highest BCUT2D eigenvalue weighted by Crippen LogP contribution is 2.17. The first-order valence-corrected chi connectivity index (χ1v) is 6.58. The molecule has 0 saturated carbocycles. The summed E-state index contributed by atoms with van der Waals surface area (Å²) in [6, 6.07) is 5.85. The normalized spacial score (nSPS) is 11.5. The number of tetrazole rings is 1. The molecule has 6 nitrogen and oxygen atoms in total. The van der Waals surface area contributed by atoms with E-state index in [4.69, 9.17) is 0 Å². The van der Waals surface area contributed by atoms with Gasteiger partial charge in [-0.15, -0.1) is 10.2 Å². The Labute approximate surface area is 122 Å². The van der Waals surface area contributed by atoms with Gasteiger partial charge in [-0.3, -0.25) is 4.79 Å². The van der Waals surface area contributed by atoms with E-state index in [0.29, 0.717) is 11.5 Å². The van der Waals surface area contributed by atoms with Crippen LogP contribution in [0.3, 0.4) is 0 Å². The number of hydrogen-bond acceptors (Lipinski definition) is 4. The van der Waals surface area contributed by atoms with Gasteiger partial charge in [0, 0.05) is 18.2 Å². The summed E-state index contributed by atoms with van der Waals surface area (Å²) in [5.41, 5.74) is 0.256. The Kier molecular flexibility index (Phi) is 4.02. The number of aromatic nitrogens is 4. The van der Waals surface area contributed by atoms with Crippen molar-refractivity contribution in [1.82, 2.24) is 20.2 Å². The van der Waals surface area contributed by atoms with Gasteiger partial charge >= 0.3 is 0 Å². The molecule has 1 amide bonds. The van der Waals surface area contributed by atoms with E-state index in [9.17, 15) is 9.18 Å². The largest absolute Gasteiger partial charge is 0.314 e. The van der Waals surface area contributed by atoms with Crippen molar-refractivity contribution in [2.24, 2.45) is 0 Å². The van der Waals surface area contributed by atoms with Crippen LogP contribution in [0.4, 0.5) is 10.1 Å². The molecule has 0 unspecified atom stereocenters. The van der Waals surface area contributed by atoms with Gasteiger partial charge in [0.25, 0.3) is 0 Å². The van der Waals surface area contributed by atoms with Crippen LogP contribution in [0.2, 0.25) is 0 Å². The van der Waals surface area contributed by atoms with Crippen molar-refractivity contribution in [3.8, 4) is 0 Å². The lowest BCUT2D eigenvalue weighted by molar-refractivity contribution is -0.119. The maximum atomic E-state index is 13.2. The van der Waals surface area contributed by atoms with Gasteiger partial charge in [-0.25, -0.2) is 4.39 Å². The minimum Gasteiger partial charge on any atom is -0.314 e. The molecule has 1 aromatic carbocycles. The highest BCUT2D eigenvalue weighted by Gasteiger charge is 2.21. The van der Waals surface area contributed by atoms with Gasteiger partial charge in [0.15, 0.2) is 5.82 Å². The lowest BCUT2D eigenvalue weighted by Gasteiger charge is -2.16. The van der Waals surface area contributed by atoms with Crippen LogP contribution in [-0.2, 0) is 16.8 Å². The van der Waals surface area contributed by atoms with Gasteiger partial charge in [-0.05, 0) is 23.4 Å². The molecule has 0 atom stereocenters. The molecule has 0 aliphatic carbocycles. The fourth-order valence-electron chi connectivity index (χ4n) is 1.67. The van der Waals surface area contributed by atoms with E-state index in [1.165, 1.54) is 21.8 Å². The summed E-state index contributed by atoms with van der Waals surface area (Å²) in [7, 11) is 1.58. The van der Waals surface area contributed by atoms with Crippen LogP contribution < -0.4 is 4.90 Å². The third kappa shape index (κ3) is 3.62. The smallest absolute Gasteiger partial charge is 0.250 e. The van der Waals surface area contributed by atoms with E-state index < -0.39 is 0 Å². The van der Waals surface area contributed by atoms with Crippen molar-refractivity contribution in [2.75, 3.05) is 11.9 Å². The van der Waals surface area contributed by atoms with Crippen molar-refractivity contribution >= 4 is 11.6 Å². The number of anilines is 1. The second kappa shape index (κ2) is 5.59. The predicted octanol–water partition coefficient (Wildman–Crippen LogP) is 1.77. The first-order chi connectivity index (χ1) is 9.77. The van der Waals surface area contributed by atoms with E-state index in [2.05, 4.69) is 15.4 Å². The van der Waals surface area contributed by atoms with E-state index in [1.54, 1.807) is 19.2 Å². The van der Waals surface area contributed by atoms with Crippen molar-refractivity contribution < 1.29 is 9.18 Å². The Hall–Kier alpha value is -2.31. The lowest BCUT2D eigenvalue weighted by atomic mass is 9.96. The number of likely N-dealkylation sites (N-methyl/N-ethyl adjacent to an activating group) is 1. The number of halogens is 1. The molecule has 21 heavy (non-hydrogen) atoms. The molecule has 7 heteroatoms. The minimum absolute atomic E-state index is 0.0455. The molecule has 0 aliphatic rings. The van der Waals surface area contributed by atoms with Gasteiger partial charge in [-0.2, -0.15) is 4.80 Å². The highest BCUT2D eigenvalue weighted by atomic mass is 19.1. The SMILES string of the molecule is CN(C(=O)Cn1nnc(C(C)(C)C)n1)c1cccc(F)c1. The van der Waals surface area contributed by atoms with Crippen LogP contribution in [0.5, 0.6) is 0 Å². The zero-order valence-electron chi connectivity index (χ0n) is 12.5. The zero-order chi connectivity index (χ0) is 15.6. The summed E-state index contributed by atoms with van der Waals surface area (Å²) in [5.74, 6) is -0.0665. The fourth-order valence-corrected chi connectivity index (χ4v) is 1.67. The molecular weight excluding hydrogens is 273 g/mol. The number of carbonyl (C=O) groups excluding carboxylic acids is 1. The van der Waals surface area contributed by atoms with Gasteiger partial charge in [0.1, 0.15) is 12.4 Å². The second-order valence-corrected chi connectivity index (χ2v) is 5.83. The molecule has 1 aromatic heterocycles. The molecule has 0 spiro atoms. The molecule has 0 fully saturated rings. The average molecular weight is 291 g/mol. The van der Waals surface area contributed by atoms with Crippen LogP contribution in [0.1, 0.15) is 26.6 Å². The van der Waals surface area contributed by atoms with Crippen LogP contribution in [-0.4, -0.2) is 33.2 Å². The maximum absolute atomic E-state index is 13.2. The van der Waals surface area contributed by atoms with E-state index in [1.807, 2.05) is 20.8 Å². The third-order valence-corrected chi connectivity index (χ3v) is 2.97. The number of rotatable bonds is 3. The first-order valence-electron chi connectivity index (χ1n) is 6.58. The third-order valence-electron chi connectivity index (χ3n) is 2.97. The molecule has 0 bridgehead atoms. The number of hydrogen-bond donors (Lipinski definition) is 0. The van der Waals surface area contributed by atoms with Crippen LogP contribution in [0, 0.1) is 5.82 Å². The number of amides is 1. The van der Waals surface area contributed by atoms with E-state index in [0.717, 1.165) is 0 Å². The predicted molar refractivity (Wildman–Crippen MR) is 76.3 cm³/mol. The topological polar surface area (TPSA) is 63.9 Å². The molecule has 0 N–H and O–H groups in total. The van der Waals surface area contributed by atoms with E-state index >= 15 is 0 Å². The van der Waals surface area contributed by atoms with Crippen molar-refractivity contribution in [3.05, 3.63) is 35.9 Å². The lowest BCUT2D eigenvalue weighted by Crippen LogP contribution is -2.31. The van der Waals surface area contributed by atoms with Crippen molar-refractivity contribution in [3.63, 3.8) is 0 Å². The number of benzene rings is 1. The van der Waals surface area contributed by atoms with Crippen molar-refractivity contribution in [2.45, 2.75) is 32.7 Å². The molecule has 2 rings (SSSR count). The van der Waals surface area contributed by atoms with Gasteiger partial charge in [0.05, 0.1) is 0 Å². The fraction of sp³-hybridized carbons (Fsp3) is 0.429. The monoisotopic (exact) mass is 291 g/mol. The molecule has 0 aliphatic heterocycles. The summed E-state index contributed by atoms with van der Waals surface area (Å²) in [6.45, 7) is 5.86. The minimum atomic E-state index is -0.388. The summed E-state index contributed by atoms with van der Waals surface area (Å²) in [6.07, 6.45) is 0. The van der Waals surface area contributed by atoms with Gasteiger partial charge < -0.3 is 4.90 Å². The van der Waals surface area contributed by atoms with E-state index in [-0.39, 0.29) is 23.7 Å². The summed E-state index contributed by atoms with van der Waals surface area (Å²) in [5, 5.41) is 12.0. The average Bonchev–Trinajstić information content (AvgIpc) is 2.86. The summed E-state index contributed by atoms with van der Waals surface area (Å²) >= 11 is 0. The number of nitrogens with zero attached hydrogens (tertiary/aromatic N) is 5. The highest BCUT2D eigenvalue weighted by molar-refractivity contribution is 5.92. The van der Waals surface area contributed by atoms with Gasteiger partial charge in [-0.1, -0.05) is 26.8 Å². The van der Waals surface area contributed by atoms with Crippen LogP contribution in [0.15, 0.2) is 24.3 Å². The molecular formula is C14H18FN5O. The molecule has 0 radical (unpaired) electrons. The summed E-state index contributed by atoms with van der Waals surface area (Å²) < 4.78 is 13.2. The number of carbonyl (C=O) groups is 1. The quantitative estimate of drug-likeness (QED) is 0.864. The molecule has 0 saturated heterocycles. The van der Waals surface area contributed by atoms with Gasteiger partial charge in [0.2, 0.25) is 5.91 Å². The van der Waals surface area contributed by atoms with Crippen molar-refractivity contribution in [1.29, 1.82) is 0 Å².